The van der Waals surface area contributed by atoms with Crippen LogP contribution in [0.5, 0.6) is 0 Å². The minimum Gasteiger partial charge on any atom is -0.374 e. The van der Waals surface area contributed by atoms with Crippen molar-refractivity contribution < 1.29 is 21.6 Å². The van der Waals surface area contributed by atoms with Gasteiger partial charge in [-0.25, -0.2) is 13.1 Å². The van der Waals surface area contributed by atoms with Gasteiger partial charge in [0.1, 0.15) is 6.04 Å². The quantitative estimate of drug-likeness (QED) is 0.776. The Morgan fingerprint density at radius 2 is 1.92 bits per heavy atom. The third-order valence-electron chi connectivity index (χ3n) is 4.93. The largest absolute Gasteiger partial charge is 0.405 e. The molecule has 0 aliphatic carbocycles. The number of benzene rings is 1. The molecule has 0 radical (unpaired) electrons. The van der Waals surface area contributed by atoms with Gasteiger partial charge in [-0.1, -0.05) is 6.07 Å². The number of likely N-dealkylation sites (N-methyl/N-ethyl adjacent to an activating group) is 1. The number of halogens is 3. The molecule has 1 aromatic carbocycles. The summed E-state index contributed by atoms with van der Waals surface area (Å²) in [5.41, 5.74) is 1.85. The lowest BCUT2D eigenvalue weighted by Crippen LogP contribution is -2.57. The minimum absolute atomic E-state index is 0.00812. The number of hydrogen-bond donors (Lipinski definition) is 2. The highest BCUT2D eigenvalue weighted by Crippen LogP contribution is 2.29. The molecule has 0 spiro atoms. The molecule has 0 saturated carbocycles. The number of nitrogens with one attached hydrogen (secondary N) is 2. The van der Waals surface area contributed by atoms with E-state index in [9.17, 15) is 21.6 Å². The molecule has 1 saturated heterocycles. The Morgan fingerprint density at radius 1 is 1.23 bits per heavy atom. The van der Waals surface area contributed by atoms with Gasteiger partial charge >= 0.3 is 6.18 Å². The fourth-order valence-corrected chi connectivity index (χ4v) is 4.46. The molecule has 2 heterocycles. The van der Waals surface area contributed by atoms with E-state index in [0.717, 1.165) is 24.2 Å². The molecule has 146 valence electrons. The second-order valence-electron chi connectivity index (χ2n) is 6.66. The Morgan fingerprint density at radius 3 is 2.58 bits per heavy atom. The zero-order valence-corrected chi connectivity index (χ0v) is 15.3. The van der Waals surface area contributed by atoms with Crippen molar-refractivity contribution >= 4 is 15.7 Å². The average molecular weight is 392 g/mol. The molecule has 1 fully saturated rings. The van der Waals surface area contributed by atoms with E-state index in [1.165, 1.54) is 17.0 Å². The van der Waals surface area contributed by atoms with Gasteiger partial charge in [0.15, 0.2) is 0 Å². The Kier molecular flexibility index (Phi) is 5.48. The third kappa shape index (κ3) is 4.13. The monoisotopic (exact) mass is 392 g/mol. The zero-order valence-electron chi connectivity index (χ0n) is 14.5. The molecule has 1 unspecified atom stereocenters. The summed E-state index contributed by atoms with van der Waals surface area (Å²) >= 11 is 0. The van der Waals surface area contributed by atoms with Gasteiger partial charge in [-0.15, -0.1) is 0 Å². The van der Waals surface area contributed by atoms with E-state index in [-0.39, 0.29) is 18.0 Å². The van der Waals surface area contributed by atoms with E-state index in [0.29, 0.717) is 13.1 Å². The molecule has 0 aromatic heterocycles. The van der Waals surface area contributed by atoms with Crippen molar-refractivity contribution in [1.29, 1.82) is 0 Å². The predicted molar refractivity (Wildman–Crippen MR) is 92.9 cm³/mol. The summed E-state index contributed by atoms with van der Waals surface area (Å²) in [5, 5.41) is 2.99. The first-order chi connectivity index (χ1) is 12.2. The number of piperazine rings is 1. The molecule has 1 atom stereocenters. The number of fused-ring (bicyclic) bond motifs is 1. The molecule has 26 heavy (non-hydrogen) atoms. The Hall–Kier alpha value is -1.36. The van der Waals surface area contributed by atoms with E-state index in [4.69, 9.17) is 0 Å². The van der Waals surface area contributed by atoms with Crippen LogP contribution < -0.4 is 14.9 Å². The number of hydrogen-bond acceptors (Lipinski definition) is 5. The van der Waals surface area contributed by atoms with Crippen LogP contribution in [-0.4, -0.2) is 71.9 Å². The van der Waals surface area contributed by atoms with Crippen LogP contribution in [0.2, 0.25) is 0 Å². The van der Waals surface area contributed by atoms with Crippen LogP contribution in [0, 0.1) is 0 Å². The molecular weight excluding hydrogens is 369 g/mol. The first kappa shape index (κ1) is 19.4. The topological polar surface area (TPSA) is 64.7 Å². The van der Waals surface area contributed by atoms with Gasteiger partial charge < -0.3 is 10.2 Å². The maximum atomic E-state index is 13.4. The summed E-state index contributed by atoms with van der Waals surface area (Å²) in [7, 11) is -2.16. The Bertz CT molecular complexity index is 748. The van der Waals surface area contributed by atoms with Crippen molar-refractivity contribution in [3.63, 3.8) is 0 Å². The van der Waals surface area contributed by atoms with Crippen LogP contribution in [0.1, 0.15) is 5.56 Å². The van der Waals surface area contributed by atoms with Crippen molar-refractivity contribution in [3.8, 4) is 0 Å². The van der Waals surface area contributed by atoms with Crippen LogP contribution >= 0.6 is 0 Å². The Balaban J connectivity index is 1.75. The van der Waals surface area contributed by atoms with Gasteiger partial charge in [0, 0.05) is 52.0 Å². The van der Waals surface area contributed by atoms with Crippen molar-refractivity contribution in [3.05, 3.63) is 23.8 Å². The summed E-state index contributed by atoms with van der Waals surface area (Å²) < 4.78 is 67.4. The van der Waals surface area contributed by atoms with E-state index < -0.39 is 28.8 Å². The van der Waals surface area contributed by atoms with Crippen molar-refractivity contribution in [2.45, 2.75) is 23.5 Å². The fourth-order valence-electron chi connectivity index (χ4n) is 3.40. The van der Waals surface area contributed by atoms with Gasteiger partial charge in [-0.3, -0.25) is 4.90 Å². The summed E-state index contributed by atoms with van der Waals surface area (Å²) in [5.74, 6) is 0. The van der Waals surface area contributed by atoms with E-state index in [1.54, 1.807) is 6.07 Å². The average Bonchev–Trinajstić information content (AvgIpc) is 2.95. The molecule has 2 aliphatic rings. The SMILES string of the molecule is CN1CCc2ccc(S(=O)(=O)NCC(N3CCNCC3)C(F)(F)F)cc21. The van der Waals surface area contributed by atoms with E-state index in [2.05, 4.69) is 10.0 Å². The van der Waals surface area contributed by atoms with Crippen LogP contribution in [0.3, 0.4) is 0 Å². The van der Waals surface area contributed by atoms with Crippen LogP contribution in [0.25, 0.3) is 0 Å². The highest BCUT2D eigenvalue weighted by molar-refractivity contribution is 7.89. The molecule has 2 N–H and O–H groups in total. The summed E-state index contributed by atoms with van der Waals surface area (Å²) in [4.78, 5) is 3.20. The number of rotatable bonds is 5. The van der Waals surface area contributed by atoms with Gasteiger partial charge in [0.2, 0.25) is 10.0 Å². The number of alkyl halides is 3. The second kappa shape index (κ2) is 7.34. The normalized spacial score (nSPS) is 20.2. The highest BCUT2D eigenvalue weighted by Gasteiger charge is 2.44. The molecule has 0 bridgehead atoms. The smallest absolute Gasteiger partial charge is 0.374 e. The molecule has 3 rings (SSSR count). The second-order valence-corrected chi connectivity index (χ2v) is 8.42. The van der Waals surface area contributed by atoms with Gasteiger partial charge in [-0.05, 0) is 24.1 Å². The lowest BCUT2D eigenvalue weighted by molar-refractivity contribution is -0.182. The molecule has 2 aliphatic heterocycles. The van der Waals surface area contributed by atoms with Gasteiger partial charge in [0.05, 0.1) is 4.90 Å². The molecule has 10 heteroatoms. The number of anilines is 1. The van der Waals surface area contributed by atoms with Crippen LogP contribution in [0.15, 0.2) is 23.1 Å². The van der Waals surface area contributed by atoms with Gasteiger partial charge in [-0.2, -0.15) is 13.2 Å². The predicted octanol–water partition coefficient (Wildman–Crippen LogP) is 0.793. The highest BCUT2D eigenvalue weighted by atomic mass is 32.2. The Labute approximate surface area is 151 Å². The molecule has 1 aromatic rings. The maximum absolute atomic E-state index is 13.4. The van der Waals surface area contributed by atoms with Crippen molar-refractivity contribution in [2.24, 2.45) is 0 Å². The lowest BCUT2D eigenvalue weighted by Gasteiger charge is -2.35. The van der Waals surface area contributed by atoms with E-state index in [1.807, 2.05) is 11.9 Å². The van der Waals surface area contributed by atoms with Crippen LogP contribution in [-0.2, 0) is 16.4 Å². The number of sulfonamides is 1. The maximum Gasteiger partial charge on any atom is 0.405 e. The first-order valence-corrected chi connectivity index (χ1v) is 10.0. The van der Waals surface area contributed by atoms with E-state index >= 15 is 0 Å². The standard InChI is InChI=1S/C16H23F3N4O2S/c1-22-7-4-12-2-3-13(10-14(12)22)26(24,25)21-11-15(16(17,18)19)23-8-5-20-6-9-23/h2-3,10,15,20-21H,4-9,11H2,1H3. The fraction of sp³-hybridized carbons (Fsp3) is 0.625. The summed E-state index contributed by atoms with van der Waals surface area (Å²) in [6.45, 7) is 1.47. The zero-order chi connectivity index (χ0) is 18.9. The third-order valence-corrected chi connectivity index (χ3v) is 6.35. The van der Waals surface area contributed by atoms with Crippen molar-refractivity contribution in [2.75, 3.05) is 51.2 Å². The molecule has 6 nitrogen and oxygen atoms in total. The number of nitrogens with zero attached hydrogens (tertiary/aromatic N) is 2. The van der Waals surface area contributed by atoms with Crippen molar-refractivity contribution in [1.82, 2.24) is 14.9 Å². The molecular formula is C16H23F3N4O2S. The lowest BCUT2D eigenvalue weighted by atomic mass is 10.2. The first-order valence-electron chi connectivity index (χ1n) is 8.54. The molecule has 0 amide bonds. The minimum atomic E-state index is -4.50. The summed E-state index contributed by atoms with van der Waals surface area (Å²) in [6, 6.07) is 2.87. The van der Waals surface area contributed by atoms with Gasteiger partial charge in [0.25, 0.3) is 0 Å². The summed E-state index contributed by atoms with van der Waals surface area (Å²) in [6.07, 6.45) is -3.67. The van der Waals surface area contributed by atoms with Crippen LogP contribution in [0.4, 0.5) is 18.9 Å².